The van der Waals surface area contributed by atoms with E-state index in [1.165, 1.54) is 0 Å². The van der Waals surface area contributed by atoms with Crippen molar-refractivity contribution in [3.63, 3.8) is 0 Å². The van der Waals surface area contributed by atoms with Crippen LogP contribution in [0.5, 0.6) is 0 Å². The Kier molecular flexibility index (Phi) is 2.02. The van der Waals surface area contributed by atoms with Gasteiger partial charge in [-0.25, -0.2) is 4.98 Å². The highest BCUT2D eigenvalue weighted by Gasteiger charge is 2.37. The number of pyridine rings is 1. The smallest absolute Gasteiger partial charge is 0.132 e. The fourth-order valence-corrected chi connectivity index (χ4v) is 1.69. The van der Waals surface area contributed by atoms with Gasteiger partial charge < -0.3 is 10.5 Å². The molecule has 2 N–H and O–H groups in total. The second-order valence-electron chi connectivity index (χ2n) is 3.42. The van der Waals surface area contributed by atoms with E-state index in [-0.39, 0.29) is 5.54 Å². The third-order valence-corrected chi connectivity index (χ3v) is 2.78. The lowest BCUT2D eigenvalue weighted by Gasteiger charge is -2.39. The highest BCUT2D eigenvalue weighted by Crippen LogP contribution is 2.30. The average Bonchev–Trinajstić information content (AvgIpc) is 2.06. The van der Waals surface area contributed by atoms with Crippen LogP contribution in [0.4, 0.5) is 0 Å². The Hall–Kier alpha value is -0.640. The molecule has 13 heavy (non-hydrogen) atoms. The Balaban J connectivity index is 2.45. The lowest BCUT2D eigenvalue weighted by atomic mass is 9.87. The molecular weight excluding hydrogens is 188 g/mol. The van der Waals surface area contributed by atoms with Crippen molar-refractivity contribution in [1.82, 2.24) is 4.98 Å². The summed E-state index contributed by atoms with van der Waals surface area (Å²) in [6.07, 6.45) is 1.68. The van der Waals surface area contributed by atoms with E-state index in [1.807, 2.05) is 13.0 Å². The van der Waals surface area contributed by atoms with Crippen LogP contribution in [0.1, 0.15) is 11.1 Å². The first-order valence-electron chi connectivity index (χ1n) is 4.12. The van der Waals surface area contributed by atoms with E-state index in [0.717, 1.165) is 11.1 Å². The van der Waals surface area contributed by atoms with Gasteiger partial charge in [0.05, 0.1) is 18.8 Å². The zero-order chi connectivity index (χ0) is 9.47. The SMILES string of the molecule is Cc1c(C2(N)COC2)ccnc1Cl. The molecule has 0 bridgehead atoms. The van der Waals surface area contributed by atoms with Gasteiger partial charge in [-0.1, -0.05) is 11.6 Å². The summed E-state index contributed by atoms with van der Waals surface area (Å²) in [5.74, 6) is 0. The van der Waals surface area contributed by atoms with E-state index in [1.54, 1.807) is 6.20 Å². The van der Waals surface area contributed by atoms with Gasteiger partial charge in [0.2, 0.25) is 0 Å². The maximum absolute atomic E-state index is 6.08. The number of aromatic nitrogens is 1. The van der Waals surface area contributed by atoms with Crippen molar-refractivity contribution < 1.29 is 4.74 Å². The predicted molar refractivity (Wildman–Crippen MR) is 50.7 cm³/mol. The third-order valence-electron chi connectivity index (χ3n) is 2.40. The van der Waals surface area contributed by atoms with Gasteiger partial charge in [-0.3, -0.25) is 0 Å². The van der Waals surface area contributed by atoms with Crippen molar-refractivity contribution in [3.8, 4) is 0 Å². The number of nitrogens with two attached hydrogens (primary N) is 1. The fourth-order valence-electron chi connectivity index (χ4n) is 1.53. The zero-order valence-electron chi connectivity index (χ0n) is 7.38. The zero-order valence-corrected chi connectivity index (χ0v) is 8.14. The van der Waals surface area contributed by atoms with Gasteiger partial charge in [-0.15, -0.1) is 0 Å². The van der Waals surface area contributed by atoms with Crippen LogP contribution in [-0.2, 0) is 10.3 Å². The Bertz CT molecular complexity index is 336. The van der Waals surface area contributed by atoms with E-state index >= 15 is 0 Å². The first-order valence-corrected chi connectivity index (χ1v) is 4.49. The molecule has 0 aromatic carbocycles. The van der Waals surface area contributed by atoms with Crippen LogP contribution < -0.4 is 5.73 Å². The molecular formula is C9H11ClN2O. The minimum absolute atomic E-state index is 0.351. The van der Waals surface area contributed by atoms with Crippen molar-refractivity contribution in [2.24, 2.45) is 5.73 Å². The Morgan fingerprint density at radius 2 is 2.31 bits per heavy atom. The summed E-state index contributed by atoms with van der Waals surface area (Å²) in [7, 11) is 0. The molecule has 1 saturated heterocycles. The molecule has 1 aliphatic heterocycles. The molecule has 4 heteroatoms. The summed E-state index contributed by atoms with van der Waals surface area (Å²) < 4.78 is 5.10. The van der Waals surface area contributed by atoms with Crippen LogP contribution in [0.3, 0.4) is 0 Å². The third kappa shape index (κ3) is 1.33. The molecule has 1 aromatic rings. The average molecular weight is 199 g/mol. The molecule has 0 amide bonds. The lowest BCUT2D eigenvalue weighted by Crippen LogP contribution is -2.54. The molecule has 70 valence electrons. The molecule has 1 aromatic heterocycles. The lowest BCUT2D eigenvalue weighted by molar-refractivity contribution is -0.0572. The van der Waals surface area contributed by atoms with Gasteiger partial charge in [-0.2, -0.15) is 0 Å². The van der Waals surface area contributed by atoms with Gasteiger partial charge in [0.15, 0.2) is 0 Å². The van der Waals surface area contributed by atoms with Crippen molar-refractivity contribution in [1.29, 1.82) is 0 Å². The maximum atomic E-state index is 6.08. The van der Waals surface area contributed by atoms with Crippen LogP contribution in [0.2, 0.25) is 5.15 Å². The maximum Gasteiger partial charge on any atom is 0.132 e. The summed E-state index contributed by atoms with van der Waals surface area (Å²) in [6.45, 7) is 3.06. The van der Waals surface area contributed by atoms with E-state index in [4.69, 9.17) is 22.1 Å². The van der Waals surface area contributed by atoms with Gasteiger partial charge in [-0.05, 0) is 24.1 Å². The number of ether oxygens (including phenoxy) is 1. The summed E-state index contributed by atoms with van der Waals surface area (Å²) in [5.41, 5.74) is 7.73. The minimum atomic E-state index is -0.351. The monoisotopic (exact) mass is 198 g/mol. The summed E-state index contributed by atoms with van der Waals surface area (Å²) >= 11 is 5.89. The Labute approximate surface area is 81.9 Å². The molecule has 1 fully saturated rings. The molecule has 3 nitrogen and oxygen atoms in total. The molecule has 0 aliphatic carbocycles. The predicted octanol–water partition coefficient (Wildman–Crippen LogP) is 1.23. The second-order valence-corrected chi connectivity index (χ2v) is 3.78. The largest absolute Gasteiger partial charge is 0.377 e. The van der Waals surface area contributed by atoms with Crippen molar-refractivity contribution in [2.75, 3.05) is 13.2 Å². The van der Waals surface area contributed by atoms with Crippen LogP contribution in [0, 0.1) is 6.92 Å². The highest BCUT2D eigenvalue weighted by molar-refractivity contribution is 6.30. The van der Waals surface area contributed by atoms with Crippen LogP contribution in [0.15, 0.2) is 12.3 Å². The summed E-state index contributed by atoms with van der Waals surface area (Å²) in [4.78, 5) is 3.98. The summed E-state index contributed by atoms with van der Waals surface area (Å²) in [6, 6.07) is 1.91. The van der Waals surface area contributed by atoms with Gasteiger partial charge >= 0.3 is 0 Å². The molecule has 0 saturated carbocycles. The number of nitrogens with zero attached hydrogens (tertiary/aromatic N) is 1. The molecule has 0 spiro atoms. The van der Waals surface area contributed by atoms with Crippen molar-refractivity contribution in [3.05, 3.63) is 28.5 Å². The van der Waals surface area contributed by atoms with Crippen LogP contribution >= 0.6 is 11.6 Å². The van der Waals surface area contributed by atoms with E-state index in [2.05, 4.69) is 4.98 Å². The van der Waals surface area contributed by atoms with Gasteiger partial charge in [0.25, 0.3) is 0 Å². The fraction of sp³-hybridized carbons (Fsp3) is 0.444. The molecule has 0 atom stereocenters. The van der Waals surface area contributed by atoms with E-state index in [0.29, 0.717) is 18.4 Å². The quantitative estimate of drug-likeness (QED) is 0.691. The number of hydrogen-bond donors (Lipinski definition) is 1. The van der Waals surface area contributed by atoms with Crippen LogP contribution in [0.25, 0.3) is 0 Å². The Morgan fingerprint density at radius 3 is 2.85 bits per heavy atom. The minimum Gasteiger partial charge on any atom is -0.377 e. The molecule has 2 rings (SSSR count). The van der Waals surface area contributed by atoms with Crippen LogP contribution in [-0.4, -0.2) is 18.2 Å². The second kappa shape index (κ2) is 2.94. The van der Waals surface area contributed by atoms with Crippen molar-refractivity contribution in [2.45, 2.75) is 12.5 Å². The normalized spacial score (nSPS) is 19.6. The molecule has 0 unspecified atom stereocenters. The first kappa shape index (κ1) is 8.94. The first-order chi connectivity index (χ1) is 6.13. The molecule has 0 radical (unpaired) electrons. The van der Waals surface area contributed by atoms with Crippen molar-refractivity contribution >= 4 is 11.6 Å². The van der Waals surface area contributed by atoms with Gasteiger partial charge in [0.1, 0.15) is 5.15 Å². The number of rotatable bonds is 1. The standard InChI is InChI=1S/C9H11ClN2O/c1-6-7(2-3-12-8(6)10)9(11)4-13-5-9/h2-3H,4-5,11H2,1H3. The molecule has 1 aliphatic rings. The number of hydrogen-bond acceptors (Lipinski definition) is 3. The molecule has 2 heterocycles. The highest BCUT2D eigenvalue weighted by atomic mass is 35.5. The number of halogens is 1. The van der Waals surface area contributed by atoms with Gasteiger partial charge in [0, 0.05) is 6.20 Å². The Morgan fingerprint density at radius 1 is 1.62 bits per heavy atom. The van der Waals surface area contributed by atoms with E-state index in [9.17, 15) is 0 Å². The topological polar surface area (TPSA) is 48.1 Å². The van der Waals surface area contributed by atoms with E-state index < -0.39 is 0 Å². The summed E-state index contributed by atoms with van der Waals surface area (Å²) in [5, 5.41) is 0.522.